The minimum Gasteiger partial charge on any atom is -0.480 e. The lowest BCUT2D eigenvalue weighted by atomic mass is 10.0. The van der Waals surface area contributed by atoms with Crippen LogP contribution < -0.4 is 0 Å². The van der Waals surface area contributed by atoms with E-state index in [9.17, 15) is 14.7 Å². The van der Waals surface area contributed by atoms with Gasteiger partial charge in [-0.1, -0.05) is 6.92 Å². The van der Waals surface area contributed by atoms with E-state index in [1.165, 1.54) is 6.42 Å². The summed E-state index contributed by atoms with van der Waals surface area (Å²) in [5.41, 5.74) is 0. The van der Waals surface area contributed by atoms with Gasteiger partial charge in [-0.3, -0.25) is 4.90 Å². The number of likely N-dealkylation sites (tertiary alicyclic amines) is 1. The van der Waals surface area contributed by atoms with Crippen LogP contribution in [0.25, 0.3) is 0 Å². The molecule has 118 valence electrons. The van der Waals surface area contributed by atoms with Gasteiger partial charge in [0.25, 0.3) is 0 Å². The first-order valence-corrected chi connectivity index (χ1v) is 9.11. The van der Waals surface area contributed by atoms with E-state index in [1.807, 2.05) is 4.90 Å². The molecule has 1 N–H and O–H groups in total. The average Bonchev–Trinajstić information content (AvgIpc) is 3.24. The SMILES string of the molecule is CCC1CCCCN1C(=O)N1C(C(=O)O)CSC1C1CC1. The summed E-state index contributed by atoms with van der Waals surface area (Å²) in [5.74, 6) is 0.185. The lowest BCUT2D eigenvalue weighted by Gasteiger charge is -2.40. The molecule has 0 radical (unpaired) electrons. The topological polar surface area (TPSA) is 60.9 Å². The van der Waals surface area contributed by atoms with E-state index >= 15 is 0 Å². The number of carboxylic acid groups (broad SMARTS) is 1. The smallest absolute Gasteiger partial charge is 0.327 e. The minimum atomic E-state index is -0.857. The predicted molar refractivity (Wildman–Crippen MR) is 82.3 cm³/mol. The summed E-state index contributed by atoms with van der Waals surface area (Å²) < 4.78 is 0. The second-order valence-electron chi connectivity index (χ2n) is 6.36. The molecule has 6 heteroatoms. The van der Waals surface area contributed by atoms with Gasteiger partial charge in [-0.05, 0) is 44.4 Å². The fourth-order valence-electron chi connectivity index (χ4n) is 3.53. The number of aliphatic carboxylic acids is 1. The van der Waals surface area contributed by atoms with Crippen LogP contribution in [-0.4, -0.2) is 56.7 Å². The molecule has 5 nitrogen and oxygen atoms in total. The number of carbonyl (C=O) groups excluding carboxylic acids is 1. The van der Waals surface area contributed by atoms with Gasteiger partial charge in [0.15, 0.2) is 0 Å². The molecule has 0 aromatic carbocycles. The molecule has 0 spiro atoms. The van der Waals surface area contributed by atoms with Crippen LogP contribution in [-0.2, 0) is 4.79 Å². The Hall–Kier alpha value is -0.910. The van der Waals surface area contributed by atoms with Crippen molar-refractivity contribution in [3.05, 3.63) is 0 Å². The fourth-order valence-corrected chi connectivity index (χ4v) is 5.15. The van der Waals surface area contributed by atoms with Crippen LogP contribution in [0.4, 0.5) is 4.79 Å². The molecule has 2 aliphatic heterocycles. The fraction of sp³-hybridized carbons (Fsp3) is 0.867. The van der Waals surface area contributed by atoms with Crippen molar-refractivity contribution < 1.29 is 14.7 Å². The highest BCUT2D eigenvalue weighted by molar-refractivity contribution is 8.00. The first kappa shape index (κ1) is 15.0. The van der Waals surface area contributed by atoms with Crippen LogP contribution in [0.2, 0.25) is 0 Å². The van der Waals surface area contributed by atoms with Gasteiger partial charge in [-0.25, -0.2) is 9.59 Å². The number of hydrogen-bond acceptors (Lipinski definition) is 3. The van der Waals surface area contributed by atoms with E-state index in [4.69, 9.17) is 0 Å². The van der Waals surface area contributed by atoms with Crippen LogP contribution in [0.1, 0.15) is 45.4 Å². The third-order valence-corrected chi connectivity index (χ3v) is 6.37. The van der Waals surface area contributed by atoms with Gasteiger partial charge in [0.1, 0.15) is 6.04 Å². The molecule has 0 aromatic rings. The molecule has 1 aliphatic carbocycles. The van der Waals surface area contributed by atoms with Gasteiger partial charge in [-0.2, -0.15) is 0 Å². The van der Waals surface area contributed by atoms with Crippen molar-refractivity contribution in [1.29, 1.82) is 0 Å². The molecule has 3 aliphatic rings. The van der Waals surface area contributed by atoms with Gasteiger partial charge in [0.2, 0.25) is 0 Å². The zero-order valence-electron chi connectivity index (χ0n) is 12.5. The Morgan fingerprint density at radius 3 is 2.62 bits per heavy atom. The van der Waals surface area contributed by atoms with Gasteiger partial charge in [0.05, 0.1) is 5.37 Å². The third-order valence-electron chi connectivity index (χ3n) is 4.91. The molecule has 0 bridgehead atoms. The standard InChI is InChI=1S/C15H24N2O3S/c1-2-11-5-3-4-8-16(11)15(20)17-12(14(18)19)9-21-13(17)10-6-7-10/h10-13H,2-9H2,1H3,(H,18,19). The Labute approximate surface area is 130 Å². The number of urea groups is 1. The van der Waals surface area contributed by atoms with Crippen LogP contribution in [0, 0.1) is 5.92 Å². The van der Waals surface area contributed by atoms with Crippen LogP contribution in [0.15, 0.2) is 0 Å². The molecule has 3 unspecified atom stereocenters. The second-order valence-corrected chi connectivity index (χ2v) is 7.51. The Kier molecular flexibility index (Phi) is 4.33. The molecule has 2 heterocycles. The van der Waals surface area contributed by atoms with Crippen molar-refractivity contribution in [2.45, 2.75) is 62.9 Å². The summed E-state index contributed by atoms with van der Waals surface area (Å²) in [6.45, 7) is 2.89. The quantitative estimate of drug-likeness (QED) is 0.870. The number of nitrogens with zero attached hydrogens (tertiary/aromatic N) is 2. The number of carboxylic acids is 1. The Morgan fingerprint density at radius 1 is 1.24 bits per heavy atom. The van der Waals surface area contributed by atoms with Crippen LogP contribution in [0.3, 0.4) is 0 Å². The summed E-state index contributed by atoms with van der Waals surface area (Å²) in [7, 11) is 0. The molecule has 21 heavy (non-hydrogen) atoms. The highest BCUT2D eigenvalue weighted by Gasteiger charge is 2.49. The summed E-state index contributed by atoms with van der Waals surface area (Å²) in [6, 6.07) is -0.394. The maximum atomic E-state index is 13.0. The maximum absolute atomic E-state index is 13.0. The number of rotatable bonds is 3. The van der Waals surface area contributed by atoms with E-state index in [0.29, 0.717) is 11.7 Å². The average molecular weight is 312 g/mol. The molecule has 3 atom stereocenters. The van der Waals surface area contributed by atoms with Gasteiger partial charge < -0.3 is 10.0 Å². The first-order valence-electron chi connectivity index (χ1n) is 8.06. The molecular weight excluding hydrogens is 288 g/mol. The van der Waals surface area contributed by atoms with Crippen molar-refractivity contribution in [2.24, 2.45) is 5.92 Å². The summed E-state index contributed by atoms with van der Waals surface area (Å²) in [5, 5.41) is 9.53. The molecule has 2 amide bonds. The molecule has 2 saturated heterocycles. The zero-order valence-corrected chi connectivity index (χ0v) is 13.3. The normalized spacial score (nSPS) is 33.3. The van der Waals surface area contributed by atoms with Crippen molar-refractivity contribution in [1.82, 2.24) is 9.80 Å². The highest BCUT2D eigenvalue weighted by atomic mass is 32.2. The van der Waals surface area contributed by atoms with Crippen molar-refractivity contribution >= 4 is 23.8 Å². The minimum absolute atomic E-state index is 0.0316. The lowest BCUT2D eigenvalue weighted by Crippen LogP contribution is -2.55. The van der Waals surface area contributed by atoms with Gasteiger partial charge >= 0.3 is 12.0 Å². The van der Waals surface area contributed by atoms with Crippen molar-refractivity contribution in [2.75, 3.05) is 12.3 Å². The molecule has 3 fully saturated rings. The van der Waals surface area contributed by atoms with E-state index in [-0.39, 0.29) is 17.4 Å². The van der Waals surface area contributed by atoms with E-state index in [2.05, 4.69) is 6.92 Å². The summed E-state index contributed by atoms with van der Waals surface area (Å²) >= 11 is 1.66. The van der Waals surface area contributed by atoms with E-state index < -0.39 is 12.0 Å². The number of carbonyl (C=O) groups is 2. The van der Waals surface area contributed by atoms with Gasteiger partial charge in [0, 0.05) is 18.3 Å². The summed E-state index contributed by atoms with van der Waals surface area (Å²) in [6.07, 6.45) is 6.48. The Balaban J connectivity index is 1.79. The van der Waals surface area contributed by atoms with Gasteiger partial charge in [-0.15, -0.1) is 11.8 Å². The van der Waals surface area contributed by atoms with Crippen molar-refractivity contribution in [3.8, 4) is 0 Å². The van der Waals surface area contributed by atoms with Crippen LogP contribution >= 0.6 is 11.8 Å². The molecule has 0 aromatic heterocycles. The van der Waals surface area contributed by atoms with E-state index in [1.54, 1.807) is 16.7 Å². The predicted octanol–water partition coefficient (Wildman–Crippen LogP) is 2.61. The first-order chi connectivity index (χ1) is 10.1. The highest BCUT2D eigenvalue weighted by Crippen LogP contribution is 2.46. The third kappa shape index (κ3) is 2.87. The number of piperidine rings is 1. The zero-order chi connectivity index (χ0) is 15.0. The largest absolute Gasteiger partial charge is 0.480 e. The Bertz CT molecular complexity index is 427. The van der Waals surface area contributed by atoms with E-state index in [0.717, 1.165) is 38.6 Å². The molecule has 3 rings (SSSR count). The maximum Gasteiger partial charge on any atom is 0.327 e. The Morgan fingerprint density at radius 2 is 2.00 bits per heavy atom. The number of amides is 2. The summed E-state index contributed by atoms with van der Waals surface area (Å²) in [4.78, 5) is 28.2. The second kappa shape index (κ2) is 6.07. The lowest BCUT2D eigenvalue weighted by molar-refractivity contribution is -0.141. The number of hydrogen-bond donors (Lipinski definition) is 1. The molecule has 1 saturated carbocycles. The van der Waals surface area contributed by atoms with Crippen molar-refractivity contribution in [3.63, 3.8) is 0 Å². The van der Waals surface area contributed by atoms with Crippen LogP contribution in [0.5, 0.6) is 0 Å². The monoisotopic (exact) mass is 312 g/mol. The number of thioether (sulfide) groups is 1. The molecular formula is C15H24N2O3S.